The highest BCUT2D eigenvalue weighted by atomic mass is 32.1. The topological polar surface area (TPSA) is 161 Å². The minimum absolute atomic E-state index is 0.550. The van der Waals surface area contributed by atoms with Crippen molar-refractivity contribution in [2.75, 3.05) is 0 Å². The minimum Gasteiger partial charge on any atom is -0.413 e. The maximum Gasteiger partial charge on any atom is 0.422 e. The smallest absolute Gasteiger partial charge is 0.413 e. The van der Waals surface area contributed by atoms with E-state index < -0.39 is 6.98 Å². The van der Waals surface area contributed by atoms with Crippen molar-refractivity contribution in [3.63, 3.8) is 0 Å². The summed E-state index contributed by atoms with van der Waals surface area (Å²) in [7, 11) is 2.16. The van der Waals surface area contributed by atoms with E-state index in [1.807, 2.05) is 132 Å². The molecule has 0 N–H and O–H groups in total. The third kappa shape index (κ3) is 9.63. The predicted molar refractivity (Wildman–Crippen MR) is 443 cm³/mol. The van der Waals surface area contributed by atoms with Crippen LogP contribution in [0.4, 0.5) is 0 Å². The minimum atomic E-state index is -2.30. The monoisotopic (exact) mass is 1520 g/mol. The van der Waals surface area contributed by atoms with Gasteiger partial charge in [-0.15, -0.1) is 9.13 Å². The SMILES string of the molecule is Cn1c2ccccc2c2c1[n+]1c(n2-c2ccccc2)-c2cccnc2C1.[2H]C([2H])([2H])n1c2ccccc2c2c1[n+]1c(n2-c2ccccc2)-c2cccnc2C1.c1ccc(-n2c3ccccc3c3oc4[n+](c32)Cc2ncccc2-4)cc1.c1cnc2c(c1)-c1oc3c4ccccc4oc3[n+]1C2.c1cnc2c(c1)-c1oc3c4ccccc4sc3[n+]1C2. The van der Waals surface area contributed by atoms with Crippen molar-refractivity contribution in [3.8, 4) is 74.2 Å². The largest absolute Gasteiger partial charge is 0.422 e. The lowest BCUT2D eigenvalue weighted by Gasteiger charge is -2.04. The number of oxazole rings is 3. The Morgan fingerprint density at radius 3 is 1.29 bits per heavy atom. The number of thiophene rings is 1. The number of para-hydroxylation sites is 7. The average Bonchev–Trinajstić information content (AvgIpc) is 1.54. The Balaban J connectivity index is 0.0000000850. The predicted octanol–water partition coefficient (Wildman–Crippen LogP) is 18.0. The molecule has 0 saturated heterocycles. The molecule has 20 heteroatoms. The molecule has 0 fully saturated rings. The van der Waals surface area contributed by atoms with E-state index in [0.717, 1.165) is 166 Å². The first-order valence-electron chi connectivity index (χ1n) is 39.8. The molecule has 23 aromatic rings. The van der Waals surface area contributed by atoms with Crippen molar-refractivity contribution in [2.45, 2.75) is 32.7 Å². The highest BCUT2D eigenvalue weighted by Gasteiger charge is 2.43. The maximum atomic E-state index is 8.25. The maximum absolute atomic E-state index is 8.25. The van der Waals surface area contributed by atoms with E-state index in [9.17, 15) is 0 Å². The molecule has 0 bridgehead atoms. The first-order valence-corrected chi connectivity index (χ1v) is 39.1. The number of pyridine rings is 5. The summed E-state index contributed by atoms with van der Waals surface area (Å²) in [5.41, 5.74) is 26.8. The average molecular weight is 1520 g/mol. The zero-order valence-corrected chi connectivity index (χ0v) is 62.5. The number of furan rings is 1. The van der Waals surface area contributed by atoms with E-state index in [4.69, 9.17) is 21.8 Å². The van der Waals surface area contributed by atoms with E-state index in [1.54, 1.807) is 23.7 Å². The summed E-state index contributed by atoms with van der Waals surface area (Å²) in [6, 6.07) is 92.5. The molecular formula is C95H66N15O4S+5. The second-order valence-electron chi connectivity index (χ2n) is 29.2. The van der Waals surface area contributed by atoms with E-state index in [0.29, 0.717) is 24.3 Å². The standard InChI is InChI=1S/2C22H17N4.C21H14N3O.C15H9N2O2.C15H9N2OS/c2*1-24-19-12-6-5-10-17(19)20-22(24)25-14-18-16(11-7-13-23-18)21(25)26(20)15-8-3-2-4-9-15;1-2-7-14(8-3-1)24-18-11-5-4-9-16(18)19-20(24)23-13-17-15(21(23)25-19)10-6-12-22-17;1-2-6-12-10(4-1)13-15(18-12)17-8-11-9(14(17)19-13)5-3-7-16-11;1-2-6-12-10(4-1)13-15(19-12)17-8-11-9(14(17)18-13)5-3-7-16-11/h2*2-13H,14H2,1H3;1-12H,13H2;2*1-7H,8H2/q5*+1/i1D3;;;;. The number of fused-ring (bicyclic) bond motifs is 35. The van der Waals surface area contributed by atoms with Gasteiger partial charge in [-0.1, -0.05) is 127 Å². The number of aromatic nitrogens is 15. The van der Waals surface area contributed by atoms with Gasteiger partial charge in [-0.05, 0) is 158 Å². The van der Waals surface area contributed by atoms with Crippen LogP contribution < -0.4 is 22.8 Å². The molecule has 19 nitrogen and oxygen atoms in total. The van der Waals surface area contributed by atoms with Crippen LogP contribution in [-0.4, -0.2) is 47.8 Å². The van der Waals surface area contributed by atoms with Gasteiger partial charge in [0.05, 0.1) is 73.5 Å². The number of hydrogen-bond donors (Lipinski definition) is 0. The van der Waals surface area contributed by atoms with Crippen molar-refractivity contribution in [1.82, 2.24) is 47.8 Å². The molecule has 5 aliphatic heterocycles. The lowest BCUT2D eigenvalue weighted by Crippen LogP contribution is -2.33. The third-order valence-electron chi connectivity index (χ3n) is 22.9. The van der Waals surface area contributed by atoms with Gasteiger partial charge in [-0.25, -0.2) is 18.3 Å². The lowest BCUT2D eigenvalue weighted by atomic mass is 10.2. The highest BCUT2D eigenvalue weighted by molar-refractivity contribution is 7.25. The Morgan fingerprint density at radius 1 is 0.322 bits per heavy atom. The summed E-state index contributed by atoms with van der Waals surface area (Å²) in [6.45, 7) is 1.32. The summed E-state index contributed by atoms with van der Waals surface area (Å²) in [4.78, 5) is 23.7. The zero-order chi connectivity index (χ0) is 78.2. The normalized spacial score (nSPS) is 13.3. The number of hydrogen-bond acceptors (Lipinski definition) is 10. The quantitative estimate of drug-likeness (QED) is 0.157. The zero-order valence-electron chi connectivity index (χ0n) is 64.7. The van der Waals surface area contributed by atoms with Crippen LogP contribution in [0.1, 0.15) is 32.6 Å². The lowest BCUT2D eigenvalue weighted by molar-refractivity contribution is -0.656. The molecule has 8 aromatic carbocycles. The van der Waals surface area contributed by atoms with Gasteiger partial charge in [0.1, 0.15) is 81.3 Å². The molecule has 0 saturated carbocycles. The fourth-order valence-electron chi connectivity index (χ4n) is 18.0. The van der Waals surface area contributed by atoms with E-state index in [1.165, 1.54) is 58.6 Å². The first kappa shape index (κ1) is 61.7. The van der Waals surface area contributed by atoms with Crippen LogP contribution in [0.3, 0.4) is 0 Å². The van der Waals surface area contributed by atoms with Crippen molar-refractivity contribution in [1.29, 1.82) is 0 Å². The van der Waals surface area contributed by atoms with E-state index in [2.05, 4.69) is 232 Å². The molecular weight excluding hydrogens is 1450 g/mol. The number of imidazole rings is 2. The van der Waals surface area contributed by atoms with E-state index >= 15 is 0 Å². The Morgan fingerprint density at radius 2 is 0.722 bits per heavy atom. The Bertz CT molecular complexity index is 7920. The van der Waals surface area contributed by atoms with Gasteiger partial charge >= 0.3 is 28.0 Å². The Kier molecular flexibility index (Phi) is 13.6. The molecule has 5 aliphatic rings. The van der Waals surface area contributed by atoms with Crippen LogP contribution in [0.5, 0.6) is 0 Å². The van der Waals surface area contributed by atoms with Crippen LogP contribution in [0.2, 0.25) is 0 Å². The fourth-order valence-corrected chi connectivity index (χ4v) is 19.1. The van der Waals surface area contributed by atoms with Gasteiger partial charge in [0.2, 0.25) is 22.8 Å². The molecule has 28 rings (SSSR count). The molecule has 0 atom stereocenters. The molecule has 0 radical (unpaired) electrons. The van der Waals surface area contributed by atoms with E-state index in [-0.39, 0.29) is 0 Å². The number of nitrogens with zero attached hydrogens (tertiary/aromatic N) is 15. The van der Waals surface area contributed by atoms with Crippen molar-refractivity contribution >= 4 is 120 Å². The van der Waals surface area contributed by atoms with Gasteiger partial charge in [0.25, 0.3) is 22.8 Å². The van der Waals surface area contributed by atoms with Crippen LogP contribution in [0, 0.1) is 0 Å². The van der Waals surface area contributed by atoms with Crippen LogP contribution >= 0.6 is 11.3 Å². The Labute approximate surface area is 662 Å². The van der Waals surface area contributed by atoms with Crippen LogP contribution in [0.15, 0.2) is 322 Å². The second kappa shape index (κ2) is 25.3. The molecule has 15 aromatic heterocycles. The third-order valence-corrected chi connectivity index (χ3v) is 24.1. The molecule has 115 heavy (non-hydrogen) atoms. The molecule has 0 spiro atoms. The molecule has 0 aliphatic carbocycles. The van der Waals surface area contributed by atoms with Gasteiger partial charge in [0, 0.05) is 41.1 Å². The second-order valence-corrected chi connectivity index (χ2v) is 30.2. The van der Waals surface area contributed by atoms with Gasteiger partial charge in [-0.2, -0.15) is 9.13 Å². The van der Waals surface area contributed by atoms with Crippen molar-refractivity contribution < 1.29 is 44.6 Å². The number of aryl methyl sites for hydroxylation is 2. The van der Waals surface area contributed by atoms with Crippen molar-refractivity contribution in [3.05, 3.63) is 332 Å². The Hall–Kier alpha value is -15.0. The summed E-state index contributed by atoms with van der Waals surface area (Å²) in [5, 5.41) is 5.56. The summed E-state index contributed by atoms with van der Waals surface area (Å²) < 4.78 is 72.1. The molecule has 546 valence electrons. The summed E-state index contributed by atoms with van der Waals surface area (Å²) in [5.74, 6) is 4.85. The molecule has 20 heterocycles. The summed E-state index contributed by atoms with van der Waals surface area (Å²) >= 11 is 1.79. The van der Waals surface area contributed by atoms with Crippen LogP contribution in [-0.2, 0) is 46.7 Å². The molecule has 0 unspecified atom stereocenters. The molecule has 0 amide bonds. The van der Waals surface area contributed by atoms with Gasteiger partial charge < -0.3 is 17.7 Å². The fraction of sp³-hybridized carbons (Fsp3) is 0.0737. The number of rotatable bonds is 3. The van der Waals surface area contributed by atoms with Gasteiger partial charge in [0.15, 0.2) is 24.1 Å². The van der Waals surface area contributed by atoms with Crippen molar-refractivity contribution in [2.24, 2.45) is 14.0 Å². The van der Waals surface area contributed by atoms with Gasteiger partial charge in [-0.3, -0.25) is 34.1 Å². The highest BCUT2D eigenvalue weighted by Crippen LogP contribution is 2.44. The number of benzene rings is 8. The summed E-state index contributed by atoms with van der Waals surface area (Å²) in [6.07, 6.45) is 9.16. The first-order chi connectivity index (χ1) is 58.1. The van der Waals surface area contributed by atoms with Crippen LogP contribution in [0.25, 0.3) is 183 Å².